The SMILES string of the molecule is CC(=O)[CH-]C(C)=O.CC(=O)[CH-]C(C)=O.CC(=O)[CH-]C(C)=O.O.[Lu+3]. The van der Waals surface area contributed by atoms with E-state index >= 15 is 0 Å². The fourth-order valence-electron chi connectivity index (χ4n) is 0.859. The number of hydrogen-bond donors (Lipinski definition) is 0. The molecule has 0 amide bonds. The summed E-state index contributed by atoms with van der Waals surface area (Å²) in [4.78, 5) is 59.9. The zero-order chi connectivity index (χ0) is 17.6. The van der Waals surface area contributed by atoms with E-state index in [0.717, 1.165) is 19.3 Å². The second-order valence-corrected chi connectivity index (χ2v) is 4.10. The minimum atomic E-state index is -0.187. The van der Waals surface area contributed by atoms with Crippen LogP contribution < -0.4 is 0 Å². The van der Waals surface area contributed by atoms with Crippen LogP contribution in [-0.2, 0) is 28.8 Å². The van der Waals surface area contributed by atoms with Crippen molar-refractivity contribution >= 4 is 34.7 Å². The van der Waals surface area contributed by atoms with Crippen LogP contribution >= 0.6 is 0 Å². The summed E-state index contributed by atoms with van der Waals surface area (Å²) in [6.07, 6.45) is 3.17. The maximum Gasteiger partial charge on any atom is 3.00 e. The molecule has 0 spiro atoms. The van der Waals surface area contributed by atoms with Crippen LogP contribution in [0.1, 0.15) is 41.5 Å². The smallest absolute Gasteiger partial charge is 0.412 e. The van der Waals surface area contributed by atoms with Gasteiger partial charge in [0.25, 0.3) is 0 Å². The van der Waals surface area contributed by atoms with E-state index in [2.05, 4.69) is 0 Å². The van der Waals surface area contributed by atoms with Gasteiger partial charge in [-0.3, -0.25) is 19.3 Å². The van der Waals surface area contributed by atoms with E-state index in [1.807, 2.05) is 0 Å². The van der Waals surface area contributed by atoms with Crippen molar-refractivity contribution in [3.05, 3.63) is 19.3 Å². The summed E-state index contributed by atoms with van der Waals surface area (Å²) in [5, 5.41) is 0. The van der Waals surface area contributed by atoms with E-state index < -0.39 is 0 Å². The summed E-state index contributed by atoms with van der Waals surface area (Å²) < 4.78 is 0. The van der Waals surface area contributed by atoms with Crippen LogP contribution in [0.15, 0.2) is 0 Å². The maximum absolute atomic E-state index is 9.98. The molecule has 0 aliphatic rings. The van der Waals surface area contributed by atoms with Crippen LogP contribution in [0.2, 0.25) is 0 Å². The van der Waals surface area contributed by atoms with Crippen molar-refractivity contribution in [2.75, 3.05) is 0 Å². The quantitative estimate of drug-likeness (QED) is 0.388. The van der Waals surface area contributed by atoms with Gasteiger partial charge in [-0.1, -0.05) is 0 Å². The fraction of sp³-hybridized carbons (Fsp3) is 0.400. The molecule has 7 nitrogen and oxygen atoms in total. The number of carbonyl (C=O) groups excluding carboxylic acids is 6. The third-order valence-electron chi connectivity index (χ3n) is 1.22. The van der Waals surface area contributed by atoms with E-state index in [0.29, 0.717) is 0 Å². The molecule has 0 fully saturated rings. The molecule has 0 rings (SSSR count). The van der Waals surface area contributed by atoms with Gasteiger partial charge in [0.1, 0.15) is 0 Å². The topological polar surface area (TPSA) is 134 Å². The average Bonchev–Trinajstić information content (AvgIpc) is 2.10. The van der Waals surface area contributed by atoms with Crippen LogP contribution in [-0.4, -0.2) is 40.2 Å². The fourth-order valence-corrected chi connectivity index (χ4v) is 0.859. The van der Waals surface area contributed by atoms with Gasteiger partial charge in [0.2, 0.25) is 0 Å². The maximum atomic E-state index is 9.98. The average molecular weight is 490 g/mol. The molecule has 23 heavy (non-hydrogen) atoms. The van der Waals surface area contributed by atoms with Gasteiger partial charge in [0.15, 0.2) is 0 Å². The minimum absolute atomic E-state index is 0. The summed E-state index contributed by atoms with van der Waals surface area (Å²) in [6.45, 7) is 8.09. The Hall–Kier alpha value is -1.18. The first-order valence-electron chi connectivity index (χ1n) is 5.96. The van der Waals surface area contributed by atoms with Crippen LogP contribution in [0.3, 0.4) is 0 Å². The van der Waals surface area contributed by atoms with Crippen molar-refractivity contribution < 1.29 is 71.1 Å². The van der Waals surface area contributed by atoms with Gasteiger partial charge in [-0.25, -0.2) is 0 Å². The Labute approximate surface area is 166 Å². The molecule has 0 aromatic heterocycles. The van der Waals surface area contributed by atoms with Gasteiger partial charge in [-0.15, -0.1) is 0 Å². The van der Waals surface area contributed by atoms with Gasteiger partial charge in [0, 0.05) is 34.7 Å². The van der Waals surface area contributed by atoms with E-state index in [9.17, 15) is 28.8 Å². The van der Waals surface area contributed by atoms with Crippen molar-refractivity contribution in [2.24, 2.45) is 0 Å². The molecule has 0 aromatic rings. The van der Waals surface area contributed by atoms with E-state index in [-0.39, 0.29) is 77.1 Å². The molecular weight excluding hydrogens is 467 g/mol. The largest absolute Gasteiger partial charge is 3.00 e. The molecule has 2 N–H and O–H groups in total. The Kier molecular flexibility index (Phi) is 30.3. The number of Topliss-reactive ketones (excluding diaryl/α,β-unsaturated/α-hetero) is 6. The zero-order valence-electron chi connectivity index (χ0n) is 13.9. The van der Waals surface area contributed by atoms with E-state index in [4.69, 9.17) is 0 Å². The molecule has 0 radical (unpaired) electrons. The molecule has 0 atom stereocenters. The van der Waals surface area contributed by atoms with Gasteiger partial charge >= 0.3 is 36.9 Å². The molecule has 0 unspecified atom stereocenters. The molecular formula is C15H23LuO7. The van der Waals surface area contributed by atoms with Crippen molar-refractivity contribution in [1.82, 2.24) is 0 Å². The summed E-state index contributed by atoms with van der Waals surface area (Å²) >= 11 is 0. The standard InChI is InChI=1S/3C5H7O2.Lu.H2O/c3*1-4(6)3-5(2)7;;/h3*3H,1-2H3;;1H2/q3*-1;+3;. The van der Waals surface area contributed by atoms with E-state index in [1.165, 1.54) is 41.5 Å². The molecule has 0 saturated heterocycles. The molecule has 0 bridgehead atoms. The van der Waals surface area contributed by atoms with Gasteiger partial charge < -0.3 is 34.2 Å². The summed E-state index contributed by atoms with van der Waals surface area (Å²) in [5.74, 6) is -1.12. The molecule has 0 aromatic carbocycles. The molecule has 140 valence electrons. The zero-order valence-corrected chi connectivity index (χ0v) is 15.6. The van der Waals surface area contributed by atoms with Crippen molar-refractivity contribution in [2.45, 2.75) is 41.5 Å². The van der Waals surface area contributed by atoms with Crippen molar-refractivity contribution in [1.29, 1.82) is 0 Å². The Morgan fingerprint density at radius 3 is 0.522 bits per heavy atom. The second kappa shape index (κ2) is 20.8. The Morgan fingerprint density at radius 2 is 0.522 bits per heavy atom. The van der Waals surface area contributed by atoms with Crippen LogP contribution in [0.4, 0.5) is 0 Å². The predicted molar refractivity (Wildman–Crippen MR) is 80.6 cm³/mol. The van der Waals surface area contributed by atoms with Crippen LogP contribution in [0, 0.1) is 56.1 Å². The minimum Gasteiger partial charge on any atom is -0.412 e. The third kappa shape index (κ3) is 63.0. The Bertz CT molecular complexity index is 316. The van der Waals surface area contributed by atoms with Gasteiger partial charge in [0.05, 0.1) is 0 Å². The first kappa shape index (κ1) is 33.4. The second-order valence-electron chi connectivity index (χ2n) is 4.10. The molecule has 8 heteroatoms. The normalized spacial score (nSPS) is 7.04. The molecule has 0 aliphatic carbocycles. The molecule has 0 heterocycles. The summed E-state index contributed by atoms with van der Waals surface area (Å²) in [6, 6.07) is 0. The number of ketones is 6. The first-order valence-corrected chi connectivity index (χ1v) is 5.96. The number of carbonyl (C=O) groups is 6. The van der Waals surface area contributed by atoms with Crippen molar-refractivity contribution in [3.8, 4) is 0 Å². The van der Waals surface area contributed by atoms with E-state index in [1.54, 1.807) is 0 Å². The number of hydrogen-bond acceptors (Lipinski definition) is 6. The Morgan fingerprint density at radius 1 is 0.435 bits per heavy atom. The van der Waals surface area contributed by atoms with Crippen LogP contribution in [0.25, 0.3) is 0 Å². The van der Waals surface area contributed by atoms with Gasteiger partial charge in [-0.2, -0.15) is 0 Å². The number of rotatable bonds is 6. The van der Waals surface area contributed by atoms with Crippen molar-refractivity contribution in [3.63, 3.8) is 0 Å². The third-order valence-corrected chi connectivity index (χ3v) is 1.22. The molecule has 0 saturated carbocycles. The van der Waals surface area contributed by atoms with Crippen LogP contribution in [0.5, 0.6) is 0 Å². The monoisotopic (exact) mass is 490 g/mol. The first-order chi connectivity index (χ1) is 9.38. The predicted octanol–water partition coefficient (Wildman–Crippen LogP) is 0.281. The summed E-state index contributed by atoms with van der Waals surface area (Å²) in [7, 11) is 0. The Balaban J connectivity index is -0.0000000675. The molecule has 0 aliphatic heterocycles. The summed E-state index contributed by atoms with van der Waals surface area (Å²) in [5.41, 5.74) is 0. The van der Waals surface area contributed by atoms with Gasteiger partial charge in [-0.05, 0) is 41.5 Å².